The van der Waals surface area contributed by atoms with Crippen LogP contribution in [-0.4, -0.2) is 11.5 Å². The van der Waals surface area contributed by atoms with Crippen LogP contribution in [0.1, 0.15) is 0 Å². The Hall–Kier alpha value is -3.20. The smallest absolute Gasteiger partial charge is 0.201 e. The van der Waals surface area contributed by atoms with Crippen LogP contribution >= 0.6 is 0 Å². The SMILES string of the molecule is N#C/C(=N\Nc1cccc(-c2cccc(F)c2)c1)C(=N)N. The molecule has 5 nitrogen and oxygen atoms in total. The molecule has 0 radical (unpaired) electrons. The fourth-order valence-corrected chi connectivity index (χ4v) is 1.70. The van der Waals surface area contributed by atoms with Gasteiger partial charge in [-0.05, 0) is 35.4 Å². The summed E-state index contributed by atoms with van der Waals surface area (Å²) in [6.45, 7) is 0. The summed E-state index contributed by atoms with van der Waals surface area (Å²) in [7, 11) is 0. The van der Waals surface area contributed by atoms with Gasteiger partial charge >= 0.3 is 0 Å². The quantitative estimate of drug-likeness (QED) is 0.456. The van der Waals surface area contributed by atoms with E-state index in [1.54, 1.807) is 36.4 Å². The van der Waals surface area contributed by atoms with Gasteiger partial charge in [0.25, 0.3) is 0 Å². The second kappa shape index (κ2) is 6.30. The first-order valence-electron chi connectivity index (χ1n) is 6.04. The molecule has 0 aliphatic carbocycles. The van der Waals surface area contributed by atoms with Crippen molar-refractivity contribution in [2.45, 2.75) is 0 Å². The number of nitrogens with zero attached hydrogens (tertiary/aromatic N) is 2. The molecule has 0 unspecified atom stereocenters. The predicted molar refractivity (Wildman–Crippen MR) is 80.4 cm³/mol. The number of amidine groups is 1. The molecule has 2 rings (SSSR count). The van der Waals surface area contributed by atoms with Crippen LogP contribution in [0.25, 0.3) is 11.1 Å². The number of nitrogens with two attached hydrogens (primary N) is 1. The maximum absolute atomic E-state index is 13.2. The second-order valence-corrected chi connectivity index (χ2v) is 4.19. The maximum Gasteiger partial charge on any atom is 0.201 e. The van der Waals surface area contributed by atoms with Gasteiger partial charge in [0, 0.05) is 0 Å². The molecule has 0 aliphatic rings. The van der Waals surface area contributed by atoms with Crippen LogP contribution in [0, 0.1) is 22.6 Å². The van der Waals surface area contributed by atoms with E-state index in [4.69, 9.17) is 16.4 Å². The minimum Gasteiger partial charge on any atom is -0.382 e. The van der Waals surface area contributed by atoms with Crippen molar-refractivity contribution in [1.29, 1.82) is 10.7 Å². The lowest BCUT2D eigenvalue weighted by atomic mass is 10.1. The van der Waals surface area contributed by atoms with Crippen LogP contribution in [0.15, 0.2) is 53.6 Å². The van der Waals surface area contributed by atoms with Crippen molar-refractivity contribution in [3.63, 3.8) is 0 Å². The number of hydrogen-bond acceptors (Lipinski definition) is 4. The fraction of sp³-hybridized carbons (Fsp3) is 0. The highest BCUT2D eigenvalue weighted by Crippen LogP contribution is 2.23. The maximum atomic E-state index is 13.2. The molecule has 0 fully saturated rings. The molecule has 2 aromatic rings. The summed E-state index contributed by atoms with van der Waals surface area (Å²) >= 11 is 0. The first-order chi connectivity index (χ1) is 10.1. The van der Waals surface area contributed by atoms with E-state index in [1.165, 1.54) is 12.1 Å². The fourth-order valence-electron chi connectivity index (χ4n) is 1.70. The lowest BCUT2D eigenvalue weighted by molar-refractivity contribution is 0.628. The Labute approximate surface area is 121 Å². The molecule has 0 aromatic heterocycles. The summed E-state index contributed by atoms with van der Waals surface area (Å²) in [6.07, 6.45) is 0. The predicted octanol–water partition coefficient (Wildman–Crippen LogP) is 2.72. The van der Waals surface area contributed by atoms with Crippen LogP contribution in [0.5, 0.6) is 0 Å². The summed E-state index contributed by atoms with van der Waals surface area (Å²) in [6, 6.07) is 15.0. The van der Waals surface area contributed by atoms with E-state index >= 15 is 0 Å². The molecular weight excluding hydrogens is 269 g/mol. The summed E-state index contributed by atoms with van der Waals surface area (Å²) in [5.41, 5.74) is 9.78. The van der Waals surface area contributed by atoms with Gasteiger partial charge in [0.1, 0.15) is 11.9 Å². The van der Waals surface area contributed by atoms with Crippen molar-refractivity contribution >= 4 is 17.2 Å². The van der Waals surface area contributed by atoms with Gasteiger partial charge < -0.3 is 5.73 Å². The standard InChI is InChI=1S/C15H12FN5/c16-12-5-1-3-10(7-12)11-4-2-6-13(8-11)20-21-14(9-17)15(18)19/h1-8,20H,(H3,18,19)/b21-14+. The van der Waals surface area contributed by atoms with E-state index in [1.807, 2.05) is 6.07 Å². The van der Waals surface area contributed by atoms with E-state index in [-0.39, 0.29) is 11.5 Å². The van der Waals surface area contributed by atoms with Crippen LogP contribution in [0.3, 0.4) is 0 Å². The number of hydrazone groups is 1. The third-order valence-corrected chi connectivity index (χ3v) is 2.68. The lowest BCUT2D eigenvalue weighted by Crippen LogP contribution is -2.21. The van der Waals surface area contributed by atoms with E-state index < -0.39 is 5.84 Å². The van der Waals surface area contributed by atoms with Crippen LogP contribution in [-0.2, 0) is 0 Å². The van der Waals surface area contributed by atoms with Gasteiger partial charge in [0.2, 0.25) is 5.71 Å². The first kappa shape index (κ1) is 14.2. The average molecular weight is 281 g/mol. The van der Waals surface area contributed by atoms with E-state index in [0.29, 0.717) is 5.69 Å². The molecule has 0 heterocycles. The molecule has 21 heavy (non-hydrogen) atoms. The van der Waals surface area contributed by atoms with Crippen molar-refractivity contribution in [2.75, 3.05) is 5.43 Å². The average Bonchev–Trinajstić information content (AvgIpc) is 2.48. The minimum absolute atomic E-state index is 0.203. The van der Waals surface area contributed by atoms with Gasteiger partial charge in [0.15, 0.2) is 5.84 Å². The zero-order valence-corrected chi connectivity index (χ0v) is 11.0. The summed E-state index contributed by atoms with van der Waals surface area (Å²) < 4.78 is 13.2. The number of nitriles is 1. The third-order valence-electron chi connectivity index (χ3n) is 2.68. The van der Waals surface area contributed by atoms with E-state index in [0.717, 1.165) is 11.1 Å². The highest BCUT2D eigenvalue weighted by atomic mass is 19.1. The summed E-state index contributed by atoms with van der Waals surface area (Å²) in [5.74, 6) is -0.724. The van der Waals surface area contributed by atoms with Crippen molar-refractivity contribution in [3.8, 4) is 17.2 Å². The van der Waals surface area contributed by atoms with E-state index in [2.05, 4.69) is 10.5 Å². The Kier molecular flexibility index (Phi) is 4.26. The number of halogens is 1. The molecule has 0 aliphatic heterocycles. The molecule has 4 N–H and O–H groups in total. The number of benzene rings is 2. The van der Waals surface area contributed by atoms with Gasteiger partial charge in [0.05, 0.1) is 5.69 Å². The Balaban J connectivity index is 2.27. The Morgan fingerprint density at radius 3 is 2.48 bits per heavy atom. The third kappa shape index (κ3) is 3.64. The largest absolute Gasteiger partial charge is 0.382 e. The summed E-state index contributed by atoms with van der Waals surface area (Å²) in [5, 5.41) is 19.7. The molecule has 0 amide bonds. The minimum atomic E-state index is -0.411. The Morgan fingerprint density at radius 1 is 1.19 bits per heavy atom. The molecule has 104 valence electrons. The Bertz CT molecular complexity index is 746. The van der Waals surface area contributed by atoms with Crippen LogP contribution < -0.4 is 11.2 Å². The molecule has 2 aromatic carbocycles. The van der Waals surface area contributed by atoms with Crippen molar-refractivity contribution in [3.05, 3.63) is 54.3 Å². The van der Waals surface area contributed by atoms with Gasteiger partial charge in [-0.1, -0.05) is 24.3 Å². The highest BCUT2D eigenvalue weighted by molar-refractivity contribution is 6.45. The number of hydrogen-bond donors (Lipinski definition) is 3. The zero-order chi connectivity index (χ0) is 15.2. The molecule has 0 spiro atoms. The van der Waals surface area contributed by atoms with Gasteiger partial charge in [-0.3, -0.25) is 10.8 Å². The monoisotopic (exact) mass is 281 g/mol. The number of rotatable bonds is 4. The van der Waals surface area contributed by atoms with Gasteiger partial charge in [-0.2, -0.15) is 10.4 Å². The van der Waals surface area contributed by atoms with Crippen LogP contribution in [0.4, 0.5) is 10.1 Å². The molecule has 0 bridgehead atoms. The van der Waals surface area contributed by atoms with Crippen molar-refractivity contribution in [1.82, 2.24) is 0 Å². The normalized spacial score (nSPS) is 10.8. The number of nitrogens with one attached hydrogen (secondary N) is 2. The molecule has 0 saturated carbocycles. The zero-order valence-electron chi connectivity index (χ0n) is 11.0. The molecule has 0 atom stereocenters. The first-order valence-corrected chi connectivity index (χ1v) is 6.04. The Morgan fingerprint density at radius 2 is 1.86 bits per heavy atom. The topological polar surface area (TPSA) is 98.0 Å². The van der Waals surface area contributed by atoms with Crippen molar-refractivity contribution < 1.29 is 4.39 Å². The van der Waals surface area contributed by atoms with Crippen LogP contribution in [0.2, 0.25) is 0 Å². The van der Waals surface area contributed by atoms with Crippen molar-refractivity contribution in [2.24, 2.45) is 10.8 Å². The van der Waals surface area contributed by atoms with Gasteiger partial charge in [-0.25, -0.2) is 4.39 Å². The van der Waals surface area contributed by atoms with E-state index in [9.17, 15) is 4.39 Å². The molecule has 6 heteroatoms. The second-order valence-electron chi connectivity index (χ2n) is 4.19. The highest BCUT2D eigenvalue weighted by Gasteiger charge is 2.03. The lowest BCUT2D eigenvalue weighted by Gasteiger charge is -2.05. The molecular formula is C15H12FN5. The van der Waals surface area contributed by atoms with Gasteiger partial charge in [-0.15, -0.1) is 0 Å². The molecule has 0 saturated heterocycles. The number of anilines is 1. The summed E-state index contributed by atoms with van der Waals surface area (Å²) in [4.78, 5) is 0.